The Labute approximate surface area is 356 Å². The van der Waals surface area contributed by atoms with Crippen LogP contribution in [-0.2, 0) is 0 Å². The van der Waals surface area contributed by atoms with Crippen LogP contribution in [0.2, 0.25) is 0 Å². The van der Waals surface area contributed by atoms with Gasteiger partial charge in [-0.1, -0.05) is 121 Å². The second-order valence-corrected chi connectivity index (χ2v) is 16.1. The third-order valence-corrected chi connectivity index (χ3v) is 12.5. The standard InChI is InChI=1S/C58H35NO3/c1-2-10-39-35-58-51(31-38(39)9-1)50-34-42(23-30-57(50)62-58)45-11-3-6-14-52(45)59(43-24-17-36(18-25-43)40-21-28-55-48(32-40)46-12-4-7-15-53(46)60-55)44-26-19-37(20-27-44)41-22-29-56-49(33-41)47-13-5-8-16-54(47)61-56/h1-35H. The summed E-state index contributed by atoms with van der Waals surface area (Å²) in [5, 5.41) is 9.07. The molecule has 4 nitrogen and oxygen atoms in total. The van der Waals surface area contributed by atoms with Crippen LogP contribution in [0.15, 0.2) is 226 Å². The Balaban J connectivity index is 0.938. The summed E-state index contributed by atoms with van der Waals surface area (Å²) < 4.78 is 18.7. The predicted octanol–water partition coefficient (Wildman–Crippen LogP) is 17.0. The normalized spacial score (nSPS) is 11.9. The molecule has 0 saturated heterocycles. The molecule has 0 bridgehead atoms. The first-order chi connectivity index (χ1) is 30.7. The third-order valence-electron chi connectivity index (χ3n) is 12.5. The van der Waals surface area contributed by atoms with Crippen molar-refractivity contribution in [3.05, 3.63) is 212 Å². The lowest BCUT2D eigenvalue weighted by molar-refractivity contribution is 0.668. The molecule has 0 radical (unpaired) electrons. The van der Waals surface area contributed by atoms with Gasteiger partial charge in [0.25, 0.3) is 0 Å². The summed E-state index contributed by atoms with van der Waals surface area (Å²) in [5.74, 6) is 0. The van der Waals surface area contributed by atoms with E-state index in [4.69, 9.17) is 13.3 Å². The number of nitrogens with zero attached hydrogens (tertiary/aromatic N) is 1. The Hall–Kier alpha value is -8.34. The number of anilines is 3. The summed E-state index contributed by atoms with van der Waals surface area (Å²) in [6.45, 7) is 0. The topological polar surface area (TPSA) is 42.7 Å². The Kier molecular flexibility index (Phi) is 7.57. The van der Waals surface area contributed by atoms with Gasteiger partial charge in [0.2, 0.25) is 0 Å². The molecule has 0 unspecified atom stereocenters. The van der Waals surface area contributed by atoms with Crippen molar-refractivity contribution in [3.63, 3.8) is 0 Å². The van der Waals surface area contributed by atoms with Crippen LogP contribution < -0.4 is 4.90 Å². The number of para-hydroxylation sites is 3. The van der Waals surface area contributed by atoms with E-state index in [1.807, 2.05) is 24.3 Å². The molecule has 13 aromatic rings. The average Bonchev–Trinajstić information content (AvgIpc) is 4.01. The van der Waals surface area contributed by atoms with Crippen LogP contribution in [0, 0.1) is 0 Å². The van der Waals surface area contributed by atoms with Gasteiger partial charge in [0.05, 0.1) is 5.69 Å². The third kappa shape index (κ3) is 5.54. The largest absolute Gasteiger partial charge is 0.456 e. The SMILES string of the molecule is c1ccc(N(c2ccc(-c3ccc4oc5ccccc5c4c3)cc2)c2ccc(-c3ccc4oc5ccccc5c4c3)cc2)c(-c2ccc3oc4cc5ccccc5cc4c3c2)c1. The van der Waals surface area contributed by atoms with Gasteiger partial charge < -0.3 is 18.2 Å². The highest BCUT2D eigenvalue weighted by Gasteiger charge is 2.20. The maximum atomic E-state index is 6.42. The first-order valence-corrected chi connectivity index (χ1v) is 21.0. The highest BCUT2D eigenvalue weighted by molar-refractivity contribution is 6.12. The molecule has 62 heavy (non-hydrogen) atoms. The number of fused-ring (bicyclic) bond motifs is 10. The summed E-state index contributed by atoms with van der Waals surface area (Å²) in [6.07, 6.45) is 0. The molecular weight excluding hydrogens is 759 g/mol. The van der Waals surface area contributed by atoms with E-state index in [1.54, 1.807) is 0 Å². The van der Waals surface area contributed by atoms with Crippen molar-refractivity contribution in [3.8, 4) is 33.4 Å². The van der Waals surface area contributed by atoms with Crippen molar-refractivity contribution in [2.24, 2.45) is 0 Å². The van der Waals surface area contributed by atoms with Crippen LogP contribution in [0.25, 0.3) is 110 Å². The van der Waals surface area contributed by atoms with E-state index < -0.39 is 0 Å². The van der Waals surface area contributed by atoms with E-state index in [1.165, 1.54) is 10.8 Å². The van der Waals surface area contributed by atoms with E-state index >= 15 is 0 Å². The summed E-state index contributed by atoms with van der Waals surface area (Å²) >= 11 is 0. The van der Waals surface area contributed by atoms with Crippen molar-refractivity contribution in [2.75, 3.05) is 4.90 Å². The van der Waals surface area contributed by atoms with Gasteiger partial charge in [0.1, 0.15) is 33.5 Å². The molecule has 0 amide bonds. The van der Waals surface area contributed by atoms with Gasteiger partial charge in [-0.3, -0.25) is 0 Å². The molecule has 0 N–H and O–H groups in total. The van der Waals surface area contributed by atoms with Gasteiger partial charge in [-0.25, -0.2) is 0 Å². The lowest BCUT2D eigenvalue weighted by Crippen LogP contribution is -2.11. The molecule has 0 saturated carbocycles. The van der Waals surface area contributed by atoms with Crippen LogP contribution in [0.5, 0.6) is 0 Å². The van der Waals surface area contributed by atoms with Crippen LogP contribution in [0.1, 0.15) is 0 Å². The molecule has 3 heterocycles. The first kappa shape index (κ1) is 34.5. The minimum absolute atomic E-state index is 0.878. The Morgan fingerprint density at radius 2 is 0.661 bits per heavy atom. The van der Waals surface area contributed by atoms with Crippen molar-refractivity contribution in [2.45, 2.75) is 0 Å². The molecular formula is C58H35NO3. The van der Waals surface area contributed by atoms with E-state index in [0.717, 1.165) is 116 Å². The van der Waals surface area contributed by atoms with Gasteiger partial charge in [-0.2, -0.15) is 0 Å². The van der Waals surface area contributed by atoms with Crippen LogP contribution in [-0.4, -0.2) is 0 Å². The highest BCUT2D eigenvalue weighted by atomic mass is 16.3. The minimum atomic E-state index is 0.878. The zero-order chi connectivity index (χ0) is 40.7. The van der Waals surface area contributed by atoms with Gasteiger partial charge in [-0.15, -0.1) is 0 Å². The van der Waals surface area contributed by atoms with Crippen molar-refractivity contribution < 1.29 is 13.3 Å². The summed E-state index contributed by atoms with van der Waals surface area (Å²) in [7, 11) is 0. The van der Waals surface area contributed by atoms with E-state index in [-0.39, 0.29) is 0 Å². The van der Waals surface area contributed by atoms with Crippen molar-refractivity contribution in [1.29, 1.82) is 0 Å². The highest BCUT2D eigenvalue weighted by Crippen LogP contribution is 2.44. The monoisotopic (exact) mass is 793 g/mol. The molecule has 3 aromatic heterocycles. The lowest BCUT2D eigenvalue weighted by atomic mass is 9.98. The Morgan fingerprint density at radius 1 is 0.258 bits per heavy atom. The quantitative estimate of drug-likeness (QED) is 0.168. The fraction of sp³-hybridized carbons (Fsp3) is 0. The lowest BCUT2D eigenvalue weighted by Gasteiger charge is -2.28. The van der Waals surface area contributed by atoms with Crippen LogP contribution in [0.4, 0.5) is 17.1 Å². The summed E-state index contributed by atoms with van der Waals surface area (Å²) in [6, 6.07) is 75.3. The molecule has 4 heteroatoms. The van der Waals surface area contributed by atoms with Crippen molar-refractivity contribution >= 4 is 93.7 Å². The number of furan rings is 3. The zero-order valence-electron chi connectivity index (χ0n) is 33.4. The van der Waals surface area contributed by atoms with Gasteiger partial charge in [0, 0.05) is 49.3 Å². The molecule has 0 aliphatic rings. The Bertz CT molecular complexity index is 3710. The van der Waals surface area contributed by atoms with Gasteiger partial charge >= 0.3 is 0 Å². The summed E-state index contributed by atoms with van der Waals surface area (Å²) in [5.41, 5.74) is 15.3. The fourth-order valence-electron chi connectivity index (χ4n) is 9.39. The van der Waals surface area contributed by atoms with Gasteiger partial charge in [-0.05, 0) is 130 Å². The number of benzene rings is 10. The molecule has 290 valence electrons. The smallest absolute Gasteiger partial charge is 0.136 e. The van der Waals surface area contributed by atoms with Crippen LogP contribution in [0.3, 0.4) is 0 Å². The molecule has 0 fully saturated rings. The molecule has 10 aromatic carbocycles. The molecule has 0 atom stereocenters. The fourth-order valence-corrected chi connectivity index (χ4v) is 9.39. The zero-order valence-corrected chi connectivity index (χ0v) is 33.4. The molecule has 0 aliphatic carbocycles. The minimum Gasteiger partial charge on any atom is -0.456 e. The number of rotatable bonds is 6. The molecule has 0 aliphatic heterocycles. The molecule has 0 spiro atoms. The van der Waals surface area contributed by atoms with E-state index in [0.29, 0.717) is 0 Å². The van der Waals surface area contributed by atoms with E-state index in [2.05, 4.69) is 193 Å². The average molecular weight is 794 g/mol. The summed E-state index contributed by atoms with van der Waals surface area (Å²) in [4.78, 5) is 2.37. The first-order valence-electron chi connectivity index (χ1n) is 21.0. The molecule has 13 rings (SSSR count). The second kappa shape index (κ2) is 13.6. The predicted molar refractivity (Wildman–Crippen MR) is 257 cm³/mol. The maximum Gasteiger partial charge on any atom is 0.136 e. The Morgan fingerprint density at radius 3 is 1.26 bits per heavy atom. The number of hydrogen-bond donors (Lipinski definition) is 0. The van der Waals surface area contributed by atoms with Gasteiger partial charge in [0.15, 0.2) is 0 Å². The van der Waals surface area contributed by atoms with Crippen molar-refractivity contribution in [1.82, 2.24) is 0 Å². The second-order valence-electron chi connectivity index (χ2n) is 16.1. The maximum absolute atomic E-state index is 6.42. The number of hydrogen-bond acceptors (Lipinski definition) is 4. The van der Waals surface area contributed by atoms with E-state index in [9.17, 15) is 0 Å². The van der Waals surface area contributed by atoms with Crippen LogP contribution >= 0.6 is 0 Å².